The molecule has 47 heavy (non-hydrogen) atoms. The van der Waals surface area contributed by atoms with Gasteiger partial charge in [0, 0.05) is 33.4 Å². The molecule has 21 heteroatoms. The Bertz CT molecular complexity index is 1820. The summed E-state index contributed by atoms with van der Waals surface area (Å²) in [5.74, 6) is -5.41. The van der Waals surface area contributed by atoms with Gasteiger partial charge in [0.05, 0.1) is 5.25 Å². The Morgan fingerprint density at radius 1 is 1.23 bits per heavy atom. The lowest BCUT2D eigenvalue weighted by atomic mass is 9.87. The van der Waals surface area contributed by atoms with Gasteiger partial charge in [-0.25, -0.2) is 9.78 Å². The van der Waals surface area contributed by atoms with E-state index >= 15 is 0 Å². The summed E-state index contributed by atoms with van der Waals surface area (Å²) >= 11 is 9.54. The molecule has 2 aromatic heterocycles. The number of carbonyl (C=O) groups is 4. The summed E-state index contributed by atoms with van der Waals surface area (Å²) in [6.45, 7) is 0. The first-order valence-electron chi connectivity index (χ1n) is 13.2. The van der Waals surface area contributed by atoms with Crippen LogP contribution in [0.1, 0.15) is 17.1 Å². The number of thiocarbonyl (C=S) groups is 1. The monoisotopic (exact) mass is 741 g/mol. The fourth-order valence-electron chi connectivity index (χ4n) is 4.54. The van der Waals surface area contributed by atoms with Crippen LogP contribution in [0.15, 0.2) is 57.0 Å². The standard InChI is InChI=1S/C26H18F3N7O6S5/c27-26(28,29)21(40)32-24-31-13(8-45-24)16(35-42-14-6-15(14)47-11-4-2-1-3-5-11)18(37)33-25(9-43)22(41)36-17(20(38)39)12(7-44-23(25)36)19-34-30-10-46-19/h1-5,8-10,14-15,23H,6-7H2,(H,33,37)(H,38,39)(H,31,32,40)/t14?,15?,23-,25+/m0/s1. The van der Waals surface area contributed by atoms with Gasteiger partial charge in [-0.2, -0.15) is 13.2 Å². The lowest BCUT2D eigenvalue weighted by molar-refractivity contribution is -0.167. The molecule has 3 amide bonds. The molecule has 4 heterocycles. The number of halogens is 3. The normalized spacial score (nSPS) is 23.8. The highest BCUT2D eigenvalue weighted by molar-refractivity contribution is 8.00. The molecule has 2 fully saturated rings. The van der Waals surface area contributed by atoms with E-state index in [0.717, 1.165) is 38.3 Å². The van der Waals surface area contributed by atoms with Gasteiger partial charge in [-0.1, -0.05) is 35.6 Å². The number of fused-ring (bicyclic) bond motifs is 1. The Hall–Kier alpha value is -3.92. The first kappa shape index (κ1) is 33.0. The zero-order valence-electron chi connectivity index (χ0n) is 23.2. The van der Waals surface area contributed by atoms with Crippen LogP contribution in [0.25, 0.3) is 5.57 Å². The number of aliphatic carboxylic acids is 1. The van der Waals surface area contributed by atoms with Crippen LogP contribution in [0, 0.1) is 0 Å². The van der Waals surface area contributed by atoms with Crippen LogP contribution in [0.3, 0.4) is 0 Å². The van der Waals surface area contributed by atoms with Crippen molar-refractivity contribution in [1.29, 1.82) is 0 Å². The van der Waals surface area contributed by atoms with Gasteiger partial charge in [0.1, 0.15) is 33.4 Å². The number of benzene rings is 1. The fourth-order valence-corrected chi connectivity index (χ4v) is 8.89. The molecule has 3 N–H and O–H groups in total. The molecule has 0 spiro atoms. The van der Waals surface area contributed by atoms with E-state index in [1.807, 2.05) is 30.3 Å². The highest BCUT2D eigenvalue weighted by Crippen LogP contribution is 2.48. The third-order valence-electron chi connectivity index (χ3n) is 6.86. The average molecular weight is 742 g/mol. The first-order valence-corrected chi connectivity index (χ1v) is 17.4. The van der Waals surface area contributed by atoms with Gasteiger partial charge in [-0.05, 0) is 12.1 Å². The molecular weight excluding hydrogens is 724 g/mol. The number of oxime groups is 1. The van der Waals surface area contributed by atoms with Gasteiger partial charge in [0.15, 0.2) is 16.4 Å². The van der Waals surface area contributed by atoms with Crippen molar-refractivity contribution in [3.63, 3.8) is 0 Å². The second kappa shape index (κ2) is 12.9. The number of nitrogens with one attached hydrogen (secondary N) is 2. The van der Waals surface area contributed by atoms with Crippen molar-refractivity contribution in [3.05, 3.63) is 57.6 Å². The summed E-state index contributed by atoms with van der Waals surface area (Å²) < 4.78 is 38.5. The van der Waals surface area contributed by atoms with Crippen molar-refractivity contribution >= 4 is 104 Å². The van der Waals surface area contributed by atoms with Crippen LogP contribution in [0.5, 0.6) is 0 Å². The van der Waals surface area contributed by atoms with Crippen molar-refractivity contribution in [2.24, 2.45) is 5.16 Å². The van der Waals surface area contributed by atoms with Gasteiger partial charge in [0.25, 0.3) is 11.8 Å². The number of hydrogen-bond donors (Lipinski definition) is 3. The van der Waals surface area contributed by atoms with Crippen molar-refractivity contribution < 1.29 is 42.3 Å². The van der Waals surface area contributed by atoms with E-state index in [-0.39, 0.29) is 28.0 Å². The topological polar surface area (TPSA) is 176 Å². The van der Waals surface area contributed by atoms with Crippen LogP contribution >= 0.6 is 58.4 Å². The number of thiazole rings is 1. The Kier molecular flexibility index (Phi) is 9.09. The molecule has 244 valence electrons. The van der Waals surface area contributed by atoms with Gasteiger partial charge in [0.2, 0.25) is 0 Å². The molecule has 1 aliphatic carbocycles. The van der Waals surface area contributed by atoms with E-state index in [9.17, 15) is 37.5 Å². The van der Waals surface area contributed by atoms with E-state index in [1.54, 1.807) is 5.32 Å². The van der Waals surface area contributed by atoms with Crippen LogP contribution < -0.4 is 10.6 Å². The summed E-state index contributed by atoms with van der Waals surface area (Å²) in [4.78, 5) is 62.7. The highest BCUT2D eigenvalue weighted by Gasteiger charge is 2.65. The van der Waals surface area contributed by atoms with Crippen molar-refractivity contribution in [2.45, 2.75) is 39.8 Å². The molecular formula is C26H18F3N7O6S5. The zero-order valence-corrected chi connectivity index (χ0v) is 27.2. The predicted octanol–water partition coefficient (Wildman–Crippen LogP) is 3.42. The van der Waals surface area contributed by atoms with Crippen LogP contribution in [0.4, 0.5) is 18.3 Å². The van der Waals surface area contributed by atoms with Gasteiger partial charge in [-0.3, -0.25) is 24.6 Å². The summed E-state index contributed by atoms with van der Waals surface area (Å²) in [7, 11) is 0. The van der Waals surface area contributed by atoms with Gasteiger partial charge < -0.3 is 15.3 Å². The molecule has 2 aliphatic heterocycles. The lowest BCUT2D eigenvalue weighted by Crippen LogP contribution is -2.80. The minimum Gasteiger partial charge on any atom is -0.477 e. The maximum atomic E-state index is 13.8. The number of amides is 3. The molecule has 4 atom stereocenters. The van der Waals surface area contributed by atoms with E-state index in [0.29, 0.717) is 22.8 Å². The number of aromatic nitrogens is 3. The summed E-state index contributed by atoms with van der Waals surface area (Å²) in [5.41, 5.74) is -1.24. The maximum absolute atomic E-state index is 13.8. The number of hydrogen-bond acceptors (Lipinski definition) is 14. The van der Waals surface area contributed by atoms with E-state index < -0.39 is 57.7 Å². The van der Waals surface area contributed by atoms with Gasteiger partial charge in [-0.15, -0.1) is 56.4 Å². The second-order valence-corrected chi connectivity index (χ2v) is 14.2. The maximum Gasteiger partial charge on any atom is 0.471 e. The van der Waals surface area contributed by atoms with Crippen LogP contribution in [0.2, 0.25) is 0 Å². The number of rotatable bonds is 11. The molecule has 6 rings (SSSR count). The number of nitrogens with zero attached hydrogens (tertiary/aromatic N) is 5. The SMILES string of the molecule is O=C(O)C1=C(c2nncs2)CS[C@@H]2N1C(=O)[C@@]2(C=S)NC(=O)C(=NOC1CC1Sc1ccccc1)c1csc(NC(=O)C(F)(F)F)n1. The molecule has 1 saturated carbocycles. The molecule has 2 unspecified atom stereocenters. The Labute approximate surface area is 284 Å². The number of β-lactam (4-membered cyclic amide) rings is 1. The summed E-state index contributed by atoms with van der Waals surface area (Å²) in [6.07, 6.45) is -5.01. The third-order valence-corrected chi connectivity index (χ3v) is 11.4. The smallest absolute Gasteiger partial charge is 0.471 e. The molecule has 1 saturated heterocycles. The molecule has 0 bridgehead atoms. The van der Waals surface area contributed by atoms with E-state index in [1.165, 1.54) is 22.7 Å². The van der Waals surface area contributed by atoms with Crippen molar-refractivity contribution in [1.82, 2.24) is 25.4 Å². The number of alkyl halides is 3. The largest absolute Gasteiger partial charge is 0.477 e. The Balaban J connectivity index is 1.25. The van der Waals surface area contributed by atoms with E-state index in [4.69, 9.17) is 17.1 Å². The minimum absolute atomic E-state index is 0.00119. The average Bonchev–Trinajstić information content (AvgIpc) is 3.37. The van der Waals surface area contributed by atoms with Crippen molar-refractivity contribution in [2.75, 3.05) is 11.1 Å². The molecule has 3 aliphatic rings. The number of carbonyl (C=O) groups excluding carboxylic acids is 3. The fraction of sp³-hybridized carbons (Fsp3) is 0.269. The second-order valence-electron chi connectivity index (χ2n) is 9.93. The molecule has 13 nitrogen and oxygen atoms in total. The highest BCUT2D eigenvalue weighted by atomic mass is 32.2. The number of anilines is 1. The molecule has 0 radical (unpaired) electrons. The van der Waals surface area contributed by atoms with Crippen LogP contribution in [-0.2, 0) is 24.0 Å². The molecule has 1 aromatic carbocycles. The summed E-state index contributed by atoms with van der Waals surface area (Å²) in [5, 5.41) is 26.9. The first-order chi connectivity index (χ1) is 22.4. The minimum atomic E-state index is -5.18. The van der Waals surface area contributed by atoms with Crippen molar-refractivity contribution in [3.8, 4) is 0 Å². The number of carboxylic acids is 1. The Morgan fingerprint density at radius 2 is 2.00 bits per heavy atom. The zero-order chi connectivity index (χ0) is 33.5. The predicted molar refractivity (Wildman–Crippen MR) is 171 cm³/mol. The number of carboxylic acid groups (broad SMARTS) is 1. The van der Waals surface area contributed by atoms with Gasteiger partial charge >= 0.3 is 18.1 Å². The number of thioether (sulfide) groups is 2. The molecule has 3 aromatic rings. The third kappa shape index (κ3) is 6.49. The quantitative estimate of drug-likeness (QED) is 0.113. The lowest BCUT2D eigenvalue weighted by Gasteiger charge is -2.55. The van der Waals surface area contributed by atoms with Crippen LogP contribution in [-0.4, -0.2) is 94.2 Å². The summed E-state index contributed by atoms with van der Waals surface area (Å²) in [6, 6.07) is 9.47. The van der Waals surface area contributed by atoms with E-state index in [2.05, 4.69) is 25.7 Å². The Morgan fingerprint density at radius 3 is 2.66 bits per heavy atom.